The van der Waals surface area contributed by atoms with Crippen LogP contribution < -0.4 is 4.90 Å². The van der Waals surface area contributed by atoms with E-state index >= 15 is 0 Å². The summed E-state index contributed by atoms with van der Waals surface area (Å²) in [6.45, 7) is 4.36. The third-order valence-corrected chi connectivity index (χ3v) is 2.61. The van der Waals surface area contributed by atoms with Crippen molar-refractivity contribution < 1.29 is 19.4 Å². The maximum Gasteiger partial charge on any atom is 0.306 e. The van der Waals surface area contributed by atoms with Crippen molar-refractivity contribution in [2.45, 2.75) is 26.7 Å². The second kappa shape index (κ2) is 7.41. The molecule has 104 valence electrons. The Morgan fingerprint density at radius 2 is 2.00 bits per heavy atom. The van der Waals surface area contributed by atoms with E-state index in [1.165, 1.54) is 11.0 Å². The standard InChI is InChI=1S/C14H19NO4/c1-3-15(11-6-5-7-12(16)10-11)13(17)8-9-14(18)19-4-2/h5-7,10,16H,3-4,8-9H2,1-2H3. The van der Waals surface area contributed by atoms with Gasteiger partial charge in [0.1, 0.15) is 5.75 Å². The molecule has 1 rings (SSSR count). The van der Waals surface area contributed by atoms with Crippen LogP contribution in [-0.2, 0) is 14.3 Å². The van der Waals surface area contributed by atoms with Gasteiger partial charge in [-0.3, -0.25) is 9.59 Å². The van der Waals surface area contributed by atoms with E-state index in [0.717, 1.165) is 0 Å². The van der Waals surface area contributed by atoms with Gasteiger partial charge in [0.05, 0.1) is 13.0 Å². The molecule has 0 saturated carbocycles. The van der Waals surface area contributed by atoms with Crippen molar-refractivity contribution in [1.29, 1.82) is 0 Å². The average Bonchev–Trinajstić information content (AvgIpc) is 2.38. The number of amides is 1. The molecule has 1 amide bonds. The SMILES string of the molecule is CCOC(=O)CCC(=O)N(CC)c1cccc(O)c1. The van der Waals surface area contributed by atoms with Crippen molar-refractivity contribution in [2.75, 3.05) is 18.1 Å². The van der Waals surface area contributed by atoms with Crippen molar-refractivity contribution in [1.82, 2.24) is 0 Å². The first-order valence-corrected chi connectivity index (χ1v) is 6.33. The zero-order valence-corrected chi connectivity index (χ0v) is 11.3. The van der Waals surface area contributed by atoms with E-state index in [2.05, 4.69) is 0 Å². The largest absolute Gasteiger partial charge is 0.508 e. The molecule has 1 N–H and O–H groups in total. The second-order valence-electron chi connectivity index (χ2n) is 3.96. The molecule has 0 aliphatic carbocycles. The molecular formula is C14H19NO4. The highest BCUT2D eigenvalue weighted by molar-refractivity contribution is 5.95. The van der Waals surface area contributed by atoms with E-state index in [1.807, 2.05) is 6.92 Å². The van der Waals surface area contributed by atoms with Crippen LogP contribution in [0.5, 0.6) is 5.75 Å². The van der Waals surface area contributed by atoms with Gasteiger partial charge in [0.15, 0.2) is 0 Å². The first-order chi connectivity index (χ1) is 9.08. The molecule has 0 aliphatic heterocycles. The van der Waals surface area contributed by atoms with Gasteiger partial charge in [-0.2, -0.15) is 0 Å². The molecule has 0 atom stereocenters. The number of phenols is 1. The smallest absolute Gasteiger partial charge is 0.306 e. The van der Waals surface area contributed by atoms with Gasteiger partial charge in [0.2, 0.25) is 5.91 Å². The zero-order chi connectivity index (χ0) is 14.3. The summed E-state index contributed by atoms with van der Waals surface area (Å²) in [6.07, 6.45) is 0.171. The van der Waals surface area contributed by atoms with Gasteiger partial charge in [0, 0.05) is 24.7 Å². The summed E-state index contributed by atoms with van der Waals surface area (Å²) < 4.78 is 4.78. The number of carbonyl (C=O) groups excluding carboxylic acids is 2. The van der Waals surface area contributed by atoms with Crippen LogP contribution in [0.2, 0.25) is 0 Å². The molecule has 0 bridgehead atoms. The number of hydrogen-bond acceptors (Lipinski definition) is 4. The van der Waals surface area contributed by atoms with Gasteiger partial charge in [-0.25, -0.2) is 0 Å². The molecule has 0 heterocycles. The highest BCUT2D eigenvalue weighted by Gasteiger charge is 2.16. The predicted octanol–water partition coefficient (Wildman–Crippen LogP) is 2.09. The molecule has 5 heteroatoms. The number of phenolic OH excluding ortho intramolecular Hbond substituents is 1. The number of carbonyl (C=O) groups is 2. The zero-order valence-electron chi connectivity index (χ0n) is 11.3. The number of ether oxygens (including phenoxy) is 1. The molecule has 1 aromatic rings. The van der Waals surface area contributed by atoms with Crippen molar-refractivity contribution in [3.8, 4) is 5.75 Å². The van der Waals surface area contributed by atoms with Gasteiger partial charge in [-0.15, -0.1) is 0 Å². The first-order valence-electron chi connectivity index (χ1n) is 6.33. The lowest BCUT2D eigenvalue weighted by Crippen LogP contribution is -2.30. The predicted molar refractivity (Wildman–Crippen MR) is 72.0 cm³/mol. The Hall–Kier alpha value is -2.04. The van der Waals surface area contributed by atoms with Crippen LogP contribution in [0, 0.1) is 0 Å². The molecule has 0 radical (unpaired) electrons. The molecule has 0 saturated heterocycles. The van der Waals surface area contributed by atoms with Gasteiger partial charge >= 0.3 is 5.97 Å². The highest BCUT2D eigenvalue weighted by atomic mass is 16.5. The minimum absolute atomic E-state index is 0.0714. The van der Waals surface area contributed by atoms with Crippen LogP contribution in [0.3, 0.4) is 0 Å². The number of esters is 1. The van der Waals surface area contributed by atoms with E-state index < -0.39 is 0 Å². The monoisotopic (exact) mass is 265 g/mol. The first kappa shape index (κ1) is 15.0. The van der Waals surface area contributed by atoms with Gasteiger partial charge in [0.25, 0.3) is 0 Å². The van der Waals surface area contributed by atoms with Crippen LogP contribution in [0.1, 0.15) is 26.7 Å². The van der Waals surface area contributed by atoms with Crippen LogP contribution >= 0.6 is 0 Å². The number of anilines is 1. The van der Waals surface area contributed by atoms with Crippen LogP contribution in [-0.4, -0.2) is 30.1 Å². The Balaban J connectivity index is 2.64. The number of hydrogen-bond donors (Lipinski definition) is 1. The summed E-state index contributed by atoms with van der Waals surface area (Å²) >= 11 is 0. The normalized spacial score (nSPS) is 10.0. The van der Waals surface area contributed by atoms with E-state index in [9.17, 15) is 14.7 Å². The average molecular weight is 265 g/mol. The van der Waals surface area contributed by atoms with E-state index in [4.69, 9.17) is 4.74 Å². The number of rotatable bonds is 6. The molecule has 0 fully saturated rings. The molecule has 0 unspecified atom stereocenters. The van der Waals surface area contributed by atoms with Crippen molar-refractivity contribution in [3.63, 3.8) is 0 Å². The molecule has 0 aromatic heterocycles. The van der Waals surface area contributed by atoms with Crippen molar-refractivity contribution in [3.05, 3.63) is 24.3 Å². The van der Waals surface area contributed by atoms with Gasteiger partial charge in [-0.1, -0.05) is 6.07 Å². The van der Waals surface area contributed by atoms with Crippen molar-refractivity contribution in [2.24, 2.45) is 0 Å². The molecule has 5 nitrogen and oxygen atoms in total. The summed E-state index contributed by atoms with van der Waals surface area (Å²) in [6, 6.07) is 6.48. The third kappa shape index (κ3) is 4.62. The molecule has 0 aliphatic rings. The molecule has 19 heavy (non-hydrogen) atoms. The number of nitrogens with zero attached hydrogens (tertiary/aromatic N) is 1. The van der Waals surface area contributed by atoms with E-state index in [0.29, 0.717) is 18.8 Å². The third-order valence-electron chi connectivity index (χ3n) is 2.61. The van der Waals surface area contributed by atoms with Crippen LogP contribution in [0.4, 0.5) is 5.69 Å². The lowest BCUT2D eigenvalue weighted by Gasteiger charge is -2.21. The Kier molecular flexibility index (Phi) is 5.85. The lowest BCUT2D eigenvalue weighted by molar-refractivity contribution is -0.144. The summed E-state index contributed by atoms with van der Waals surface area (Å²) in [7, 11) is 0. The van der Waals surface area contributed by atoms with Crippen LogP contribution in [0.15, 0.2) is 24.3 Å². The second-order valence-corrected chi connectivity index (χ2v) is 3.96. The quantitative estimate of drug-likeness (QED) is 0.800. The highest BCUT2D eigenvalue weighted by Crippen LogP contribution is 2.20. The minimum atomic E-state index is -0.372. The van der Waals surface area contributed by atoms with Crippen molar-refractivity contribution >= 4 is 17.6 Å². The minimum Gasteiger partial charge on any atom is -0.508 e. The number of aromatic hydroxyl groups is 1. The maximum atomic E-state index is 12.0. The molecule has 0 spiro atoms. The Bertz CT molecular complexity index is 445. The maximum absolute atomic E-state index is 12.0. The fourth-order valence-electron chi connectivity index (χ4n) is 1.74. The van der Waals surface area contributed by atoms with E-state index in [1.54, 1.807) is 25.1 Å². The molecular weight excluding hydrogens is 246 g/mol. The van der Waals surface area contributed by atoms with Gasteiger partial charge in [-0.05, 0) is 26.0 Å². The van der Waals surface area contributed by atoms with E-state index in [-0.39, 0.29) is 30.5 Å². The lowest BCUT2D eigenvalue weighted by atomic mass is 10.2. The van der Waals surface area contributed by atoms with Crippen LogP contribution in [0.25, 0.3) is 0 Å². The Morgan fingerprint density at radius 1 is 1.26 bits per heavy atom. The fraction of sp³-hybridized carbons (Fsp3) is 0.429. The summed E-state index contributed by atoms with van der Waals surface area (Å²) in [5.74, 6) is -0.432. The summed E-state index contributed by atoms with van der Waals surface area (Å²) in [4.78, 5) is 24.8. The topological polar surface area (TPSA) is 66.8 Å². The number of benzene rings is 1. The van der Waals surface area contributed by atoms with Gasteiger partial charge < -0.3 is 14.7 Å². The summed E-state index contributed by atoms with van der Waals surface area (Å²) in [5, 5.41) is 9.42. The summed E-state index contributed by atoms with van der Waals surface area (Å²) in [5.41, 5.74) is 0.622. The Morgan fingerprint density at radius 3 is 2.58 bits per heavy atom. The Labute approximate surface area is 112 Å². The fourth-order valence-corrected chi connectivity index (χ4v) is 1.74. The molecule has 1 aromatic carbocycles.